The molecule has 5 heteroatoms. The number of fused-ring (bicyclic) bond motifs is 2. The van der Waals surface area contributed by atoms with Gasteiger partial charge >= 0.3 is 0 Å². The third-order valence-corrected chi connectivity index (χ3v) is 3.54. The summed E-state index contributed by atoms with van der Waals surface area (Å²) in [6.45, 7) is 0. The SMILES string of the molecule is NNC(=NC1CC2CCC1O2)Nc1ccccc1. The molecule has 0 amide bonds. The van der Waals surface area contributed by atoms with Gasteiger partial charge in [-0.15, -0.1) is 0 Å². The number of guanidine groups is 1. The lowest BCUT2D eigenvalue weighted by atomic mass is 9.96. The number of nitrogens with one attached hydrogen (secondary N) is 2. The summed E-state index contributed by atoms with van der Waals surface area (Å²) in [7, 11) is 0. The molecule has 0 spiro atoms. The molecule has 3 atom stereocenters. The van der Waals surface area contributed by atoms with Crippen LogP contribution in [0.25, 0.3) is 0 Å². The van der Waals surface area contributed by atoms with Gasteiger partial charge in [0.05, 0.1) is 18.2 Å². The fourth-order valence-electron chi connectivity index (χ4n) is 2.68. The van der Waals surface area contributed by atoms with Crippen LogP contribution < -0.4 is 16.6 Å². The number of nitrogens with zero attached hydrogens (tertiary/aromatic N) is 1. The lowest BCUT2D eigenvalue weighted by molar-refractivity contribution is 0.101. The predicted molar refractivity (Wildman–Crippen MR) is 71.1 cm³/mol. The molecule has 0 aromatic heterocycles. The van der Waals surface area contributed by atoms with E-state index < -0.39 is 0 Å². The maximum absolute atomic E-state index is 5.78. The summed E-state index contributed by atoms with van der Waals surface area (Å²) in [6.07, 6.45) is 3.97. The van der Waals surface area contributed by atoms with Gasteiger partial charge in [0.1, 0.15) is 0 Å². The van der Waals surface area contributed by atoms with E-state index >= 15 is 0 Å². The molecule has 18 heavy (non-hydrogen) atoms. The molecule has 4 N–H and O–H groups in total. The maximum Gasteiger partial charge on any atom is 0.210 e. The van der Waals surface area contributed by atoms with Gasteiger partial charge in [0.25, 0.3) is 0 Å². The standard InChI is InChI=1S/C13H18N4O/c14-17-13(15-9-4-2-1-3-5-9)16-11-8-10-6-7-12(11)18-10/h1-5,10-12H,6-8,14H2,(H2,15,16,17). The zero-order valence-electron chi connectivity index (χ0n) is 10.2. The first-order chi connectivity index (χ1) is 8.85. The highest BCUT2D eigenvalue weighted by molar-refractivity contribution is 5.93. The summed E-state index contributed by atoms with van der Waals surface area (Å²) < 4.78 is 5.78. The Morgan fingerprint density at radius 1 is 1.28 bits per heavy atom. The van der Waals surface area contributed by atoms with Crippen LogP contribution in [0, 0.1) is 0 Å². The van der Waals surface area contributed by atoms with E-state index in [1.165, 1.54) is 6.42 Å². The van der Waals surface area contributed by atoms with Gasteiger partial charge in [-0.05, 0) is 31.4 Å². The van der Waals surface area contributed by atoms with Crippen LogP contribution in [0.1, 0.15) is 19.3 Å². The first-order valence-electron chi connectivity index (χ1n) is 6.37. The first kappa shape index (κ1) is 11.5. The minimum atomic E-state index is 0.228. The van der Waals surface area contributed by atoms with E-state index in [1.807, 2.05) is 30.3 Å². The zero-order valence-corrected chi connectivity index (χ0v) is 10.2. The highest BCUT2D eigenvalue weighted by Gasteiger charge is 2.40. The summed E-state index contributed by atoms with van der Waals surface area (Å²) in [5.74, 6) is 6.11. The number of aliphatic imine (C=N–C) groups is 1. The third kappa shape index (κ3) is 2.32. The van der Waals surface area contributed by atoms with Crippen LogP contribution >= 0.6 is 0 Å². The number of anilines is 1. The summed E-state index contributed by atoms with van der Waals surface area (Å²) in [5, 5.41) is 3.17. The van der Waals surface area contributed by atoms with Crippen LogP contribution in [0.15, 0.2) is 35.3 Å². The normalized spacial score (nSPS) is 30.5. The number of hydrogen-bond acceptors (Lipinski definition) is 3. The summed E-state index contributed by atoms with van der Waals surface area (Å²) in [5.41, 5.74) is 3.59. The van der Waals surface area contributed by atoms with Crippen molar-refractivity contribution in [3.8, 4) is 0 Å². The molecule has 96 valence electrons. The van der Waals surface area contributed by atoms with E-state index in [1.54, 1.807) is 0 Å². The molecule has 2 bridgehead atoms. The highest BCUT2D eigenvalue weighted by Crippen LogP contribution is 2.36. The summed E-state index contributed by atoms with van der Waals surface area (Å²) in [4.78, 5) is 4.62. The van der Waals surface area contributed by atoms with E-state index in [0.717, 1.165) is 18.5 Å². The molecular formula is C13H18N4O. The molecule has 2 heterocycles. The Kier molecular flexibility index (Phi) is 3.17. The lowest BCUT2D eigenvalue weighted by Gasteiger charge is -2.17. The Morgan fingerprint density at radius 3 is 2.72 bits per heavy atom. The molecule has 2 fully saturated rings. The van der Waals surface area contributed by atoms with Crippen molar-refractivity contribution in [2.75, 3.05) is 5.32 Å². The monoisotopic (exact) mass is 246 g/mol. The number of benzene rings is 1. The average Bonchev–Trinajstić information content (AvgIpc) is 3.01. The van der Waals surface area contributed by atoms with Crippen molar-refractivity contribution in [1.29, 1.82) is 0 Å². The van der Waals surface area contributed by atoms with Crippen molar-refractivity contribution in [2.24, 2.45) is 10.8 Å². The largest absolute Gasteiger partial charge is 0.373 e. The fourth-order valence-corrected chi connectivity index (χ4v) is 2.68. The van der Waals surface area contributed by atoms with E-state index in [-0.39, 0.29) is 12.1 Å². The topological polar surface area (TPSA) is 71.7 Å². The number of para-hydroxylation sites is 1. The van der Waals surface area contributed by atoms with Crippen molar-refractivity contribution >= 4 is 11.6 Å². The van der Waals surface area contributed by atoms with Crippen molar-refractivity contribution in [2.45, 2.75) is 37.5 Å². The van der Waals surface area contributed by atoms with Crippen molar-refractivity contribution in [1.82, 2.24) is 5.43 Å². The van der Waals surface area contributed by atoms with Crippen LogP contribution in [-0.4, -0.2) is 24.2 Å². The zero-order chi connectivity index (χ0) is 12.4. The second-order valence-corrected chi connectivity index (χ2v) is 4.79. The number of ether oxygens (including phenoxy) is 1. The van der Waals surface area contributed by atoms with E-state index in [0.29, 0.717) is 12.1 Å². The molecule has 1 aromatic rings. The van der Waals surface area contributed by atoms with Gasteiger partial charge in [-0.2, -0.15) is 0 Å². The van der Waals surface area contributed by atoms with Gasteiger partial charge in [0.15, 0.2) is 0 Å². The lowest BCUT2D eigenvalue weighted by Crippen LogP contribution is -2.38. The van der Waals surface area contributed by atoms with Crippen molar-refractivity contribution in [3.63, 3.8) is 0 Å². The second-order valence-electron chi connectivity index (χ2n) is 4.79. The molecule has 5 nitrogen and oxygen atoms in total. The quantitative estimate of drug-likeness (QED) is 0.318. The van der Waals surface area contributed by atoms with Gasteiger partial charge in [-0.25, -0.2) is 10.8 Å². The van der Waals surface area contributed by atoms with Gasteiger partial charge in [0, 0.05) is 5.69 Å². The number of nitrogens with two attached hydrogens (primary N) is 1. The fraction of sp³-hybridized carbons (Fsp3) is 0.462. The second kappa shape index (κ2) is 4.96. The Balaban J connectivity index is 1.69. The molecule has 3 unspecified atom stereocenters. The summed E-state index contributed by atoms with van der Waals surface area (Å²) in [6, 6.07) is 10.1. The predicted octanol–water partition coefficient (Wildman–Crippen LogP) is 1.24. The van der Waals surface area contributed by atoms with E-state index in [9.17, 15) is 0 Å². The number of rotatable bonds is 2. The molecule has 2 aliphatic rings. The van der Waals surface area contributed by atoms with Crippen molar-refractivity contribution in [3.05, 3.63) is 30.3 Å². The highest BCUT2D eigenvalue weighted by atomic mass is 16.5. The van der Waals surface area contributed by atoms with Gasteiger partial charge in [0.2, 0.25) is 5.96 Å². The Hall–Kier alpha value is -1.59. The molecule has 2 aliphatic heterocycles. The molecule has 0 radical (unpaired) electrons. The molecule has 2 saturated heterocycles. The number of hydrogen-bond donors (Lipinski definition) is 3. The molecule has 0 aliphatic carbocycles. The molecule has 0 saturated carbocycles. The molecule has 3 rings (SSSR count). The van der Waals surface area contributed by atoms with Crippen LogP contribution in [0.4, 0.5) is 5.69 Å². The molecular weight excluding hydrogens is 228 g/mol. The van der Waals surface area contributed by atoms with Crippen molar-refractivity contribution < 1.29 is 4.74 Å². The van der Waals surface area contributed by atoms with Crippen LogP contribution in [0.3, 0.4) is 0 Å². The van der Waals surface area contributed by atoms with Crippen LogP contribution in [-0.2, 0) is 4.74 Å². The van der Waals surface area contributed by atoms with Gasteiger partial charge in [-0.3, -0.25) is 5.43 Å². The smallest absolute Gasteiger partial charge is 0.210 e. The van der Waals surface area contributed by atoms with E-state index in [2.05, 4.69) is 15.7 Å². The Morgan fingerprint density at radius 2 is 2.11 bits per heavy atom. The van der Waals surface area contributed by atoms with Crippen LogP contribution in [0.5, 0.6) is 0 Å². The average molecular weight is 246 g/mol. The van der Waals surface area contributed by atoms with Gasteiger partial charge < -0.3 is 10.1 Å². The third-order valence-electron chi connectivity index (χ3n) is 3.54. The minimum Gasteiger partial charge on any atom is -0.373 e. The Bertz CT molecular complexity index is 434. The number of hydrazine groups is 1. The van der Waals surface area contributed by atoms with E-state index in [4.69, 9.17) is 10.6 Å². The maximum atomic E-state index is 5.78. The molecule has 1 aromatic carbocycles. The Labute approximate surface area is 106 Å². The minimum absolute atomic E-state index is 0.228. The first-order valence-corrected chi connectivity index (χ1v) is 6.37. The summed E-state index contributed by atoms with van der Waals surface area (Å²) >= 11 is 0. The van der Waals surface area contributed by atoms with Crippen LogP contribution in [0.2, 0.25) is 0 Å². The van der Waals surface area contributed by atoms with Gasteiger partial charge in [-0.1, -0.05) is 18.2 Å².